The fraction of sp³-hybridized carbons (Fsp3) is 0.455. The number of para-hydroxylation sites is 1. The molecular weight excluding hydrogens is 283 g/mol. The molecule has 0 saturated heterocycles. The molecule has 0 atom stereocenters. The second-order valence-electron chi connectivity index (χ2n) is 3.69. The van der Waals surface area contributed by atoms with E-state index in [9.17, 15) is 8.42 Å². The molecule has 0 bridgehead atoms. The Balaban J connectivity index is 2.57. The molecule has 0 unspecified atom stereocenters. The topological polar surface area (TPSA) is 43.4 Å². The van der Waals surface area contributed by atoms with E-state index in [1.807, 2.05) is 6.07 Å². The van der Waals surface area contributed by atoms with Gasteiger partial charge in [-0.2, -0.15) is 0 Å². The van der Waals surface area contributed by atoms with Gasteiger partial charge in [0, 0.05) is 11.8 Å². The van der Waals surface area contributed by atoms with E-state index in [2.05, 4.69) is 0 Å². The number of alkyl halides is 1. The molecule has 0 aliphatic carbocycles. The predicted molar refractivity (Wildman–Crippen MR) is 70.8 cm³/mol. The number of rotatable bonds is 6. The first-order valence-corrected chi connectivity index (χ1v) is 8.05. The summed E-state index contributed by atoms with van der Waals surface area (Å²) >= 11 is 11.7. The Hall–Kier alpha value is -0.450. The minimum absolute atomic E-state index is 0.105. The summed E-state index contributed by atoms with van der Waals surface area (Å²) in [5, 5.41) is 0.488. The van der Waals surface area contributed by atoms with E-state index in [0.29, 0.717) is 29.7 Å². The largest absolute Gasteiger partial charge is 0.492 e. The second kappa shape index (κ2) is 6.47. The van der Waals surface area contributed by atoms with Crippen LogP contribution in [-0.4, -0.2) is 27.0 Å². The summed E-state index contributed by atoms with van der Waals surface area (Å²) in [5.41, 5.74) is 0.804. The molecule has 3 nitrogen and oxygen atoms in total. The predicted octanol–water partition coefficient (Wildman–Crippen LogP) is 2.89. The molecule has 17 heavy (non-hydrogen) atoms. The lowest BCUT2D eigenvalue weighted by molar-refractivity contribution is 0.315. The summed E-state index contributed by atoms with van der Waals surface area (Å²) in [7, 11) is -2.94. The van der Waals surface area contributed by atoms with Crippen molar-refractivity contribution in [2.75, 3.05) is 18.6 Å². The molecule has 0 aromatic heterocycles. The monoisotopic (exact) mass is 296 g/mol. The van der Waals surface area contributed by atoms with E-state index in [1.165, 1.54) is 6.26 Å². The van der Waals surface area contributed by atoms with Gasteiger partial charge >= 0.3 is 0 Å². The van der Waals surface area contributed by atoms with Crippen molar-refractivity contribution in [2.24, 2.45) is 0 Å². The fourth-order valence-electron chi connectivity index (χ4n) is 1.32. The number of ether oxygens (including phenoxy) is 1. The lowest BCUT2D eigenvalue weighted by Crippen LogP contribution is -2.08. The van der Waals surface area contributed by atoms with Gasteiger partial charge in [0.1, 0.15) is 15.6 Å². The molecule has 0 spiro atoms. The SMILES string of the molecule is CS(=O)(=O)CCCOc1c(Cl)cccc1CCl. The zero-order valence-corrected chi connectivity index (χ0v) is 11.8. The van der Waals surface area contributed by atoms with Gasteiger partial charge in [-0.3, -0.25) is 0 Å². The van der Waals surface area contributed by atoms with Crippen LogP contribution in [0.15, 0.2) is 18.2 Å². The molecule has 6 heteroatoms. The summed E-state index contributed by atoms with van der Waals surface area (Å²) in [6, 6.07) is 5.33. The first-order valence-electron chi connectivity index (χ1n) is 5.08. The van der Waals surface area contributed by atoms with Gasteiger partial charge in [-0.25, -0.2) is 8.42 Å². The van der Waals surface area contributed by atoms with Crippen LogP contribution in [0.2, 0.25) is 5.02 Å². The van der Waals surface area contributed by atoms with Crippen LogP contribution in [0.4, 0.5) is 0 Å². The fourth-order valence-corrected chi connectivity index (χ4v) is 2.42. The van der Waals surface area contributed by atoms with Crippen LogP contribution in [0, 0.1) is 0 Å². The van der Waals surface area contributed by atoms with E-state index in [1.54, 1.807) is 12.1 Å². The van der Waals surface area contributed by atoms with Gasteiger partial charge in [-0.15, -0.1) is 11.6 Å². The van der Waals surface area contributed by atoms with Crippen molar-refractivity contribution >= 4 is 33.0 Å². The standard InChI is InChI=1S/C11H14Cl2O3S/c1-17(14,15)7-3-6-16-11-9(8-12)4-2-5-10(11)13/h2,4-5H,3,6-8H2,1H3. The van der Waals surface area contributed by atoms with E-state index in [0.717, 1.165) is 5.56 Å². The van der Waals surface area contributed by atoms with Crippen molar-refractivity contribution in [1.29, 1.82) is 0 Å². The van der Waals surface area contributed by atoms with Gasteiger partial charge in [0.25, 0.3) is 0 Å². The van der Waals surface area contributed by atoms with Crippen molar-refractivity contribution < 1.29 is 13.2 Å². The Morgan fingerprint density at radius 2 is 2.06 bits per heavy atom. The molecule has 0 heterocycles. The molecule has 0 aliphatic rings. The Bertz CT molecular complexity index is 472. The van der Waals surface area contributed by atoms with Crippen LogP contribution in [0.5, 0.6) is 5.75 Å². The number of halogens is 2. The highest BCUT2D eigenvalue weighted by Gasteiger charge is 2.08. The van der Waals surface area contributed by atoms with Crippen LogP contribution in [-0.2, 0) is 15.7 Å². The highest BCUT2D eigenvalue weighted by Crippen LogP contribution is 2.29. The maximum Gasteiger partial charge on any atom is 0.147 e. The van der Waals surface area contributed by atoms with Crippen LogP contribution in [0.25, 0.3) is 0 Å². The molecule has 1 rings (SSSR count). The molecule has 0 saturated carbocycles. The molecule has 0 radical (unpaired) electrons. The Kier molecular flexibility index (Phi) is 5.56. The van der Waals surface area contributed by atoms with Gasteiger partial charge in [0.05, 0.1) is 23.3 Å². The highest BCUT2D eigenvalue weighted by atomic mass is 35.5. The maximum absolute atomic E-state index is 10.9. The van der Waals surface area contributed by atoms with Gasteiger partial charge in [-0.1, -0.05) is 23.7 Å². The highest BCUT2D eigenvalue weighted by molar-refractivity contribution is 7.90. The van der Waals surface area contributed by atoms with Gasteiger partial charge in [0.2, 0.25) is 0 Å². The Morgan fingerprint density at radius 1 is 1.35 bits per heavy atom. The number of sulfone groups is 1. The number of benzene rings is 1. The van der Waals surface area contributed by atoms with E-state index >= 15 is 0 Å². The van der Waals surface area contributed by atoms with E-state index in [4.69, 9.17) is 27.9 Å². The third kappa shape index (κ3) is 5.15. The average Bonchev–Trinajstić information content (AvgIpc) is 2.24. The zero-order chi connectivity index (χ0) is 12.9. The van der Waals surface area contributed by atoms with Crippen LogP contribution >= 0.6 is 23.2 Å². The summed E-state index contributed by atoms with van der Waals surface area (Å²) in [5.74, 6) is 0.952. The first kappa shape index (κ1) is 14.6. The molecule has 1 aromatic carbocycles. The smallest absolute Gasteiger partial charge is 0.147 e. The normalized spacial score (nSPS) is 11.5. The molecule has 1 aromatic rings. The maximum atomic E-state index is 10.9. The van der Waals surface area contributed by atoms with Crippen molar-refractivity contribution in [1.82, 2.24) is 0 Å². The third-order valence-electron chi connectivity index (χ3n) is 2.10. The average molecular weight is 297 g/mol. The molecule has 0 aliphatic heterocycles. The minimum Gasteiger partial charge on any atom is -0.492 e. The van der Waals surface area contributed by atoms with Crippen LogP contribution in [0.3, 0.4) is 0 Å². The number of hydrogen-bond acceptors (Lipinski definition) is 3. The van der Waals surface area contributed by atoms with Gasteiger partial charge in [-0.05, 0) is 12.5 Å². The van der Waals surface area contributed by atoms with Crippen molar-refractivity contribution in [3.8, 4) is 5.75 Å². The molecule has 0 fully saturated rings. The summed E-state index contributed by atoms with van der Waals surface area (Å²) in [4.78, 5) is 0. The van der Waals surface area contributed by atoms with Crippen LogP contribution < -0.4 is 4.74 Å². The molecular formula is C11H14Cl2O3S. The second-order valence-corrected chi connectivity index (χ2v) is 6.63. The Morgan fingerprint density at radius 3 is 2.65 bits per heavy atom. The molecule has 96 valence electrons. The summed E-state index contributed by atoms with van der Waals surface area (Å²) < 4.78 is 27.3. The summed E-state index contributed by atoms with van der Waals surface area (Å²) in [6.45, 7) is 0.306. The lowest BCUT2D eigenvalue weighted by atomic mass is 10.2. The van der Waals surface area contributed by atoms with Crippen molar-refractivity contribution in [2.45, 2.75) is 12.3 Å². The number of hydrogen-bond donors (Lipinski definition) is 0. The molecule has 0 N–H and O–H groups in total. The third-order valence-corrected chi connectivity index (χ3v) is 3.71. The van der Waals surface area contributed by atoms with Gasteiger partial charge in [0.15, 0.2) is 0 Å². The zero-order valence-electron chi connectivity index (χ0n) is 9.45. The summed E-state index contributed by atoms with van der Waals surface area (Å²) in [6.07, 6.45) is 1.64. The van der Waals surface area contributed by atoms with Crippen molar-refractivity contribution in [3.05, 3.63) is 28.8 Å². The minimum atomic E-state index is -2.94. The van der Waals surface area contributed by atoms with Crippen molar-refractivity contribution in [3.63, 3.8) is 0 Å². The van der Waals surface area contributed by atoms with E-state index < -0.39 is 9.84 Å². The van der Waals surface area contributed by atoms with E-state index in [-0.39, 0.29) is 5.75 Å². The van der Waals surface area contributed by atoms with Gasteiger partial charge < -0.3 is 4.74 Å². The first-order chi connectivity index (χ1) is 7.94. The Labute approximate surface area is 112 Å². The lowest BCUT2D eigenvalue weighted by Gasteiger charge is -2.11. The molecule has 0 amide bonds. The van der Waals surface area contributed by atoms with Crippen LogP contribution in [0.1, 0.15) is 12.0 Å². The quantitative estimate of drug-likeness (QED) is 0.599.